The fourth-order valence-corrected chi connectivity index (χ4v) is 2.11. The number of benzene rings is 1. The molecular weight excluding hydrogens is 282 g/mol. The van der Waals surface area contributed by atoms with Gasteiger partial charge in [0.25, 0.3) is 0 Å². The molecule has 0 saturated carbocycles. The number of aliphatic hydroxyl groups is 1. The van der Waals surface area contributed by atoms with Gasteiger partial charge in [0.05, 0.1) is 10.4 Å². The summed E-state index contributed by atoms with van der Waals surface area (Å²) in [5.41, 5.74) is 0.684. The van der Waals surface area contributed by atoms with Crippen molar-refractivity contribution in [3.63, 3.8) is 0 Å². The number of aromatic nitrogens is 1. The van der Waals surface area contributed by atoms with Crippen molar-refractivity contribution >= 4 is 33.9 Å². The largest absolute Gasteiger partial charge is 0.396 e. The summed E-state index contributed by atoms with van der Waals surface area (Å²) in [4.78, 5) is 14.7. The number of rotatable bonds is 5. The number of hydrogen-bond acceptors (Lipinski definition) is 5. The lowest BCUT2D eigenvalue weighted by Gasteiger charge is -2.13. The Morgan fingerprint density at radius 2 is 2.20 bits per heavy atom. The number of aliphatic hydroxyl groups excluding tert-OH is 1. The van der Waals surface area contributed by atoms with E-state index in [1.807, 2.05) is 6.92 Å². The number of anilines is 1. The minimum absolute atomic E-state index is 0.00243. The van der Waals surface area contributed by atoms with E-state index in [-0.39, 0.29) is 23.4 Å². The van der Waals surface area contributed by atoms with E-state index in [1.54, 1.807) is 24.3 Å². The van der Waals surface area contributed by atoms with E-state index in [1.165, 1.54) is 0 Å². The maximum absolute atomic E-state index is 11.2. The fourth-order valence-electron chi connectivity index (χ4n) is 1.86. The highest BCUT2D eigenvalue weighted by Crippen LogP contribution is 2.37. The molecule has 0 bridgehead atoms. The third-order valence-electron chi connectivity index (χ3n) is 2.95. The molecular formula is C13H14ClN3O3. The Balaban J connectivity index is 2.57. The molecule has 20 heavy (non-hydrogen) atoms. The van der Waals surface area contributed by atoms with Gasteiger partial charge >= 0.3 is 5.69 Å². The molecule has 0 spiro atoms. The van der Waals surface area contributed by atoms with Gasteiger partial charge in [-0.15, -0.1) is 0 Å². The Labute approximate surface area is 120 Å². The highest BCUT2D eigenvalue weighted by Gasteiger charge is 2.23. The summed E-state index contributed by atoms with van der Waals surface area (Å²) >= 11 is 5.91. The molecule has 0 radical (unpaired) electrons. The maximum Gasteiger partial charge on any atom is 0.329 e. The SMILES string of the molecule is C[C@@H](CO)CNc1c([N+](=O)[O-])c(Cl)nc2ccccc12. The Bertz CT molecular complexity index is 648. The van der Waals surface area contributed by atoms with Crippen LogP contribution in [-0.4, -0.2) is 28.2 Å². The average molecular weight is 296 g/mol. The summed E-state index contributed by atoms with van der Waals surface area (Å²) in [5, 5.41) is 23.7. The van der Waals surface area contributed by atoms with Crippen molar-refractivity contribution in [1.82, 2.24) is 4.98 Å². The molecule has 1 atom stereocenters. The van der Waals surface area contributed by atoms with Gasteiger partial charge in [-0.25, -0.2) is 4.98 Å². The van der Waals surface area contributed by atoms with Crippen LogP contribution in [0.4, 0.5) is 11.4 Å². The van der Waals surface area contributed by atoms with Crippen LogP contribution in [0.2, 0.25) is 5.15 Å². The molecule has 0 unspecified atom stereocenters. The standard InChI is InChI=1S/C13H14ClN3O3/c1-8(7-18)6-15-11-9-4-2-3-5-10(9)16-13(14)12(11)17(19)20/h2-5,8,18H,6-7H2,1H3,(H,15,16)/t8-/m1/s1. The van der Waals surface area contributed by atoms with E-state index in [2.05, 4.69) is 10.3 Å². The van der Waals surface area contributed by atoms with Crippen molar-refractivity contribution in [2.45, 2.75) is 6.92 Å². The van der Waals surface area contributed by atoms with Gasteiger partial charge in [0.1, 0.15) is 5.69 Å². The average Bonchev–Trinajstić information content (AvgIpc) is 2.43. The first-order chi connectivity index (χ1) is 9.54. The Hall–Kier alpha value is -1.92. The molecule has 1 aromatic carbocycles. The van der Waals surface area contributed by atoms with E-state index >= 15 is 0 Å². The minimum Gasteiger partial charge on any atom is -0.396 e. The van der Waals surface area contributed by atoms with Crippen LogP contribution in [0.3, 0.4) is 0 Å². The molecule has 2 rings (SSSR count). The number of nitrogens with zero attached hydrogens (tertiary/aromatic N) is 2. The van der Waals surface area contributed by atoms with Crippen molar-refractivity contribution in [2.75, 3.05) is 18.5 Å². The second-order valence-corrected chi connectivity index (χ2v) is 4.93. The first-order valence-electron chi connectivity index (χ1n) is 6.12. The summed E-state index contributed by atoms with van der Waals surface area (Å²) in [5.74, 6) is -0.0275. The fraction of sp³-hybridized carbons (Fsp3) is 0.308. The number of nitrogens with one attached hydrogen (secondary N) is 1. The zero-order chi connectivity index (χ0) is 14.7. The van der Waals surface area contributed by atoms with E-state index in [0.29, 0.717) is 23.1 Å². The Morgan fingerprint density at radius 3 is 2.85 bits per heavy atom. The lowest BCUT2D eigenvalue weighted by atomic mass is 10.1. The third-order valence-corrected chi connectivity index (χ3v) is 3.21. The van der Waals surface area contributed by atoms with Gasteiger partial charge in [-0.2, -0.15) is 0 Å². The number of pyridine rings is 1. The summed E-state index contributed by atoms with van der Waals surface area (Å²) in [6.07, 6.45) is 0. The predicted octanol–water partition coefficient (Wildman–Crippen LogP) is 2.84. The molecule has 0 aliphatic rings. The van der Waals surface area contributed by atoms with Crippen molar-refractivity contribution in [3.8, 4) is 0 Å². The first-order valence-corrected chi connectivity index (χ1v) is 6.49. The summed E-state index contributed by atoms with van der Waals surface area (Å²) in [7, 11) is 0. The van der Waals surface area contributed by atoms with Gasteiger partial charge in [0.2, 0.25) is 5.15 Å². The molecule has 0 aliphatic heterocycles. The molecule has 2 N–H and O–H groups in total. The van der Waals surface area contributed by atoms with Crippen molar-refractivity contribution < 1.29 is 10.0 Å². The van der Waals surface area contributed by atoms with Crippen LogP contribution in [0.25, 0.3) is 10.9 Å². The first kappa shape index (κ1) is 14.5. The van der Waals surface area contributed by atoms with Gasteiger partial charge in [-0.3, -0.25) is 10.1 Å². The van der Waals surface area contributed by atoms with Gasteiger partial charge in [-0.05, 0) is 12.0 Å². The van der Waals surface area contributed by atoms with Crippen LogP contribution in [0.1, 0.15) is 6.92 Å². The van der Waals surface area contributed by atoms with E-state index in [4.69, 9.17) is 16.7 Å². The van der Waals surface area contributed by atoms with Crippen molar-refractivity contribution in [1.29, 1.82) is 0 Å². The monoisotopic (exact) mass is 295 g/mol. The van der Waals surface area contributed by atoms with E-state index < -0.39 is 4.92 Å². The summed E-state index contributed by atoms with van der Waals surface area (Å²) in [6.45, 7) is 2.24. The molecule has 0 saturated heterocycles. The third kappa shape index (κ3) is 2.81. The zero-order valence-electron chi connectivity index (χ0n) is 10.8. The Morgan fingerprint density at radius 1 is 1.50 bits per heavy atom. The quantitative estimate of drug-likeness (QED) is 0.503. The van der Waals surface area contributed by atoms with Crippen molar-refractivity contribution in [3.05, 3.63) is 39.5 Å². The lowest BCUT2D eigenvalue weighted by Crippen LogP contribution is -2.15. The molecule has 2 aromatic rings. The van der Waals surface area contributed by atoms with E-state index in [9.17, 15) is 10.1 Å². The molecule has 106 valence electrons. The van der Waals surface area contributed by atoms with Crippen LogP contribution in [0.5, 0.6) is 0 Å². The van der Waals surface area contributed by atoms with Gasteiger partial charge in [0.15, 0.2) is 0 Å². The van der Waals surface area contributed by atoms with Gasteiger partial charge in [-0.1, -0.05) is 36.7 Å². The van der Waals surface area contributed by atoms with Crippen LogP contribution in [0.15, 0.2) is 24.3 Å². The summed E-state index contributed by atoms with van der Waals surface area (Å²) in [6, 6.07) is 7.06. The van der Waals surface area contributed by atoms with Gasteiger partial charge < -0.3 is 10.4 Å². The van der Waals surface area contributed by atoms with Gasteiger partial charge in [0, 0.05) is 18.5 Å². The highest BCUT2D eigenvalue weighted by atomic mass is 35.5. The second-order valence-electron chi connectivity index (χ2n) is 4.57. The van der Waals surface area contributed by atoms with E-state index in [0.717, 1.165) is 0 Å². The highest BCUT2D eigenvalue weighted by molar-refractivity contribution is 6.33. The molecule has 1 aromatic heterocycles. The maximum atomic E-state index is 11.2. The van der Waals surface area contributed by atoms with Crippen LogP contribution in [0, 0.1) is 16.0 Å². The zero-order valence-corrected chi connectivity index (χ0v) is 11.6. The number of halogens is 1. The minimum atomic E-state index is -0.548. The Kier molecular flexibility index (Phi) is 4.36. The molecule has 7 heteroatoms. The number of hydrogen-bond donors (Lipinski definition) is 2. The van der Waals surface area contributed by atoms with Crippen LogP contribution < -0.4 is 5.32 Å². The predicted molar refractivity (Wildman–Crippen MR) is 78.1 cm³/mol. The number of fused-ring (bicyclic) bond motifs is 1. The smallest absolute Gasteiger partial charge is 0.329 e. The molecule has 0 aliphatic carbocycles. The number of nitro groups is 1. The second kappa shape index (κ2) is 6.02. The van der Waals surface area contributed by atoms with Crippen LogP contribution in [-0.2, 0) is 0 Å². The normalized spacial score (nSPS) is 12.3. The van der Waals surface area contributed by atoms with Crippen LogP contribution >= 0.6 is 11.6 Å². The molecule has 6 nitrogen and oxygen atoms in total. The molecule has 0 fully saturated rings. The topological polar surface area (TPSA) is 88.3 Å². The van der Waals surface area contributed by atoms with Crippen molar-refractivity contribution in [2.24, 2.45) is 5.92 Å². The number of para-hydroxylation sites is 1. The molecule has 0 amide bonds. The summed E-state index contributed by atoms with van der Waals surface area (Å²) < 4.78 is 0. The lowest BCUT2D eigenvalue weighted by molar-refractivity contribution is -0.384. The molecule has 1 heterocycles.